The van der Waals surface area contributed by atoms with Crippen molar-refractivity contribution in [2.75, 3.05) is 38.8 Å². The van der Waals surface area contributed by atoms with E-state index in [1.807, 2.05) is 18.5 Å². The maximum atomic E-state index is 5.54. The molecule has 3 heterocycles. The van der Waals surface area contributed by atoms with Crippen LogP contribution in [0.25, 0.3) is 22.3 Å². The molecule has 1 saturated carbocycles. The Morgan fingerprint density at radius 3 is 2.42 bits per heavy atom. The molecular formula is C28H32N6O2. The molecule has 2 aromatic carbocycles. The second-order valence-electron chi connectivity index (χ2n) is 9.74. The Morgan fingerprint density at radius 1 is 0.917 bits per heavy atom. The largest absolute Gasteiger partial charge is 0.497 e. The molecule has 6 rings (SSSR count). The Morgan fingerprint density at radius 2 is 1.69 bits per heavy atom. The molecule has 1 saturated heterocycles. The highest BCUT2D eigenvalue weighted by atomic mass is 16.5. The summed E-state index contributed by atoms with van der Waals surface area (Å²) in [6, 6.07) is 12.8. The molecule has 186 valence electrons. The first-order valence-electron chi connectivity index (χ1n) is 12.7. The van der Waals surface area contributed by atoms with Gasteiger partial charge in [0.05, 0.1) is 49.4 Å². The number of benzene rings is 2. The summed E-state index contributed by atoms with van der Waals surface area (Å²) in [7, 11) is 3.37. The molecule has 0 unspecified atom stereocenters. The number of methoxy groups -OCH3 is 2. The van der Waals surface area contributed by atoms with Crippen molar-refractivity contribution in [2.24, 2.45) is 5.92 Å². The molecule has 1 aliphatic heterocycles. The zero-order valence-corrected chi connectivity index (χ0v) is 20.9. The molecule has 2 aromatic heterocycles. The fourth-order valence-corrected chi connectivity index (χ4v) is 4.91. The third-order valence-corrected chi connectivity index (χ3v) is 7.20. The van der Waals surface area contributed by atoms with Gasteiger partial charge in [0.15, 0.2) is 0 Å². The SMILES string of the molecule is COc1cc(OC)cc(N(CC2CC2)c2ccc3ncc(-c4cnn(C5CCNCC5)c4)nc3c2)c1. The van der Waals surface area contributed by atoms with Crippen LogP contribution in [0, 0.1) is 5.92 Å². The summed E-state index contributed by atoms with van der Waals surface area (Å²) in [6.07, 6.45) is 10.6. The second kappa shape index (κ2) is 9.78. The summed E-state index contributed by atoms with van der Waals surface area (Å²) in [5.74, 6) is 2.24. The number of aromatic nitrogens is 4. The average molecular weight is 485 g/mol. The first kappa shape index (κ1) is 22.8. The van der Waals surface area contributed by atoms with Gasteiger partial charge in [-0.25, -0.2) is 4.98 Å². The van der Waals surface area contributed by atoms with Crippen LogP contribution in [-0.4, -0.2) is 53.6 Å². The van der Waals surface area contributed by atoms with Crippen molar-refractivity contribution < 1.29 is 9.47 Å². The minimum Gasteiger partial charge on any atom is -0.497 e. The van der Waals surface area contributed by atoms with Crippen LogP contribution in [0.1, 0.15) is 31.7 Å². The third-order valence-electron chi connectivity index (χ3n) is 7.20. The number of anilines is 2. The third kappa shape index (κ3) is 4.73. The lowest BCUT2D eigenvalue weighted by molar-refractivity contribution is 0.343. The van der Waals surface area contributed by atoms with E-state index in [9.17, 15) is 0 Å². The molecule has 4 aromatic rings. The Hall–Kier alpha value is -3.65. The lowest BCUT2D eigenvalue weighted by atomic mass is 10.1. The Kier molecular flexibility index (Phi) is 6.19. The molecule has 0 bridgehead atoms. The molecule has 0 radical (unpaired) electrons. The second-order valence-corrected chi connectivity index (χ2v) is 9.74. The van der Waals surface area contributed by atoms with E-state index in [0.29, 0.717) is 12.0 Å². The number of rotatable bonds is 8. The lowest BCUT2D eigenvalue weighted by Gasteiger charge is -2.26. The summed E-state index contributed by atoms with van der Waals surface area (Å²) < 4.78 is 13.2. The molecule has 0 atom stereocenters. The van der Waals surface area contributed by atoms with Crippen LogP contribution < -0.4 is 19.7 Å². The van der Waals surface area contributed by atoms with Gasteiger partial charge in [0.1, 0.15) is 11.5 Å². The number of hydrogen-bond donors (Lipinski definition) is 1. The van der Waals surface area contributed by atoms with E-state index in [-0.39, 0.29) is 0 Å². The van der Waals surface area contributed by atoms with Gasteiger partial charge in [0, 0.05) is 47.9 Å². The van der Waals surface area contributed by atoms with Crippen LogP contribution in [0.3, 0.4) is 0 Å². The van der Waals surface area contributed by atoms with Gasteiger partial charge in [-0.15, -0.1) is 0 Å². The number of nitrogens with one attached hydrogen (secondary N) is 1. The number of piperidine rings is 1. The molecule has 36 heavy (non-hydrogen) atoms. The molecule has 2 fully saturated rings. The average Bonchev–Trinajstić information content (AvgIpc) is 3.63. The number of fused-ring (bicyclic) bond motifs is 1. The predicted molar refractivity (Wildman–Crippen MR) is 141 cm³/mol. The summed E-state index contributed by atoms with van der Waals surface area (Å²) >= 11 is 0. The van der Waals surface area contributed by atoms with Gasteiger partial charge < -0.3 is 19.7 Å². The highest BCUT2D eigenvalue weighted by Gasteiger charge is 2.26. The fraction of sp³-hybridized carbons (Fsp3) is 0.393. The zero-order chi connectivity index (χ0) is 24.5. The van der Waals surface area contributed by atoms with Crippen LogP contribution in [0.4, 0.5) is 11.4 Å². The summed E-state index contributed by atoms with van der Waals surface area (Å²) in [6.45, 7) is 3.02. The van der Waals surface area contributed by atoms with Crippen LogP contribution in [0.15, 0.2) is 55.0 Å². The van der Waals surface area contributed by atoms with Gasteiger partial charge in [0.25, 0.3) is 0 Å². The molecule has 1 N–H and O–H groups in total. The molecule has 8 heteroatoms. The van der Waals surface area contributed by atoms with Crippen molar-refractivity contribution >= 4 is 22.4 Å². The van der Waals surface area contributed by atoms with E-state index in [0.717, 1.165) is 77.6 Å². The number of hydrogen-bond acceptors (Lipinski definition) is 7. The quantitative estimate of drug-likeness (QED) is 0.378. The van der Waals surface area contributed by atoms with Crippen molar-refractivity contribution in [3.05, 3.63) is 55.0 Å². The van der Waals surface area contributed by atoms with Crippen LogP contribution in [0.5, 0.6) is 11.5 Å². The van der Waals surface area contributed by atoms with E-state index >= 15 is 0 Å². The van der Waals surface area contributed by atoms with Gasteiger partial charge in [-0.3, -0.25) is 9.67 Å². The Bertz CT molecular complexity index is 1340. The van der Waals surface area contributed by atoms with Crippen molar-refractivity contribution in [3.63, 3.8) is 0 Å². The van der Waals surface area contributed by atoms with Gasteiger partial charge >= 0.3 is 0 Å². The molecular weight excluding hydrogens is 452 g/mol. The first-order valence-corrected chi connectivity index (χ1v) is 12.7. The maximum absolute atomic E-state index is 5.54. The monoisotopic (exact) mass is 484 g/mol. The van der Waals surface area contributed by atoms with Crippen molar-refractivity contribution in [3.8, 4) is 22.8 Å². The Labute approximate surface area is 211 Å². The van der Waals surface area contributed by atoms with E-state index < -0.39 is 0 Å². The van der Waals surface area contributed by atoms with Crippen molar-refractivity contribution in [1.82, 2.24) is 25.1 Å². The highest BCUT2D eigenvalue weighted by Crippen LogP contribution is 2.38. The summed E-state index contributed by atoms with van der Waals surface area (Å²) in [5.41, 5.74) is 5.72. The van der Waals surface area contributed by atoms with Crippen LogP contribution in [0.2, 0.25) is 0 Å². The van der Waals surface area contributed by atoms with Crippen LogP contribution >= 0.6 is 0 Å². The lowest BCUT2D eigenvalue weighted by Crippen LogP contribution is -2.29. The maximum Gasteiger partial charge on any atom is 0.124 e. The van der Waals surface area contributed by atoms with Crippen molar-refractivity contribution in [1.29, 1.82) is 0 Å². The number of ether oxygens (including phenoxy) is 2. The fourth-order valence-electron chi connectivity index (χ4n) is 4.91. The van der Waals surface area contributed by atoms with Gasteiger partial charge in [0.2, 0.25) is 0 Å². The first-order chi connectivity index (χ1) is 17.7. The summed E-state index contributed by atoms with van der Waals surface area (Å²) in [5, 5.41) is 8.06. The summed E-state index contributed by atoms with van der Waals surface area (Å²) in [4.78, 5) is 12.1. The Balaban J connectivity index is 1.35. The van der Waals surface area contributed by atoms with E-state index in [4.69, 9.17) is 19.4 Å². The highest BCUT2D eigenvalue weighted by molar-refractivity contribution is 5.82. The molecule has 1 aliphatic carbocycles. The molecule has 0 amide bonds. The van der Waals surface area contributed by atoms with E-state index in [1.165, 1.54) is 12.8 Å². The predicted octanol–water partition coefficient (Wildman–Crippen LogP) is 4.98. The smallest absolute Gasteiger partial charge is 0.124 e. The normalized spacial score (nSPS) is 16.3. The van der Waals surface area contributed by atoms with E-state index in [2.05, 4.69) is 56.5 Å². The molecule has 8 nitrogen and oxygen atoms in total. The molecule has 0 spiro atoms. The minimum absolute atomic E-state index is 0.441. The van der Waals surface area contributed by atoms with E-state index in [1.54, 1.807) is 14.2 Å². The van der Waals surface area contributed by atoms with Gasteiger partial charge in [-0.1, -0.05) is 0 Å². The zero-order valence-electron chi connectivity index (χ0n) is 20.9. The minimum atomic E-state index is 0.441. The number of nitrogens with zero attached hydrogens (tertiary/aromatic N) is 5. The van der Waals surface area contributed by atoms with Gasteiger partial charge in [-0.2, -0.15) is 5.10 Å². The molecule has 2 aliphatic rings. The topological polar surface area (TPSA) is 77.3 Å². The standard InChI is InChI=1S/C28H32N6O2/c1-35-24-11-23(12-25(14-24)36-2)33(17-19-3-4-19)22-5-6-26-27(13-22)32-28(16-30-26)20-15-31-34(18-20)21-7-9-29-10-8-21/h5-6,11-16,18-19,21,29H,3-4,7-10,17H2,1-2H3. The van der Waals surface area contributed by atoms with Gasteiger partial charge in [-0.05, 0) is 62.9 Å². The van der Waals surface area contributed by atoms with Crippen LogP contribution in [-0.2, 0) is 0 Å². The van der Waals surface area contributed by atoms with Crippen molar-refractivity contribution in [2.45, 2.75) is 31.7 Å².